The fourth-order valence-corrected chi connectivity index (χ4v) is 2.90. The topological polar surface area (TPSA) is 0 Å². The highest BCUT2D eigenvalue weighted by molar-refractivity contribution is 4.72. The zero-order chi connectivity index (χ0) is 10.2. The standard InChI is InChI=1S/C14H28/c1-3-5-6-7-9-14-11-8-10-13(4-2)12-14/h13-14H,3-12H2,1-2H3/t13?,14-/m0/s1. The van der Waals surface area contributed by atoms with E-state index in [9.17, 15) is 0 Å². The first-order valence-corrected chi connectivity index (χ1v) is 6.86. The van der Waals surface area contributed by atoms with Gasteiger partial charge in [0.2, 0.25) is 0 Å². The van der Waals surface area contributed by atoms with Gasteiger partial charge in [-0.1, -0.05) is 71.6 Å². The molecule has 0 saturated heterocycles. The maximum Gasteiger partial charge on any atom is -0.0412 e. The Labute approximate surface area is 90.5 Å². The van der Waals surface area contributed by atoms with Crippen molar-refractivity contribution in [2.45, 2.75) is 78.1 Å². The lowest BCUT2D eigenvalue weighted by molar-refractivity contribution is 0.245. The summed E-state index contributed by atoms with van der Waals surface area (Å²) in [7, 11) is 0. The van der Waals surface area contributed by atoms with Crippen molar-refractivity contribution in [1.29, 1.82) is 0 Å². The van der Waals surface area contributed by atoms with Crippen LogP contribution in [0.5, 0.6) is 0 Å². The third kappa shape index (κ3) is 4.48. The monoisotopic (exact) mass is 196 g/mol. The lowest BCUT2D eigenvalue weighted by Gasteiger charge is -2.28. The van der Waals surface area contributed by atoms with Crippen molar-refractivity contribution in [3.05, 3.63) is 0 Å². The summed E-state index contributed by atoms with van der Waals surface area (Å²) in [6.07, 6.45) is 14.8. The van der Waals surface area contributed by atoms with Gasteiger partial charge in [-0.05, 0) is 18.3 Å². The first-order valence-electron chi connectivity index (χ1n) is 6.86. The van der Waals surface area contributed by atoms with Crippen LogP contribution in [0, 0.1) is 11.8 Å². The number of rotatable bonds is 6. The molecule has 0 nitrogen and oxygen atoms in total. The summed E-state index contributed by atoms with van der Waals surface area (Å²) in [5.41, 5.74) is 0. The van der Waals surface area contributed by atoms with Crippen molar-refractivity contribution in [3.8, 4) is 0 Å². The van der Waals surface area contributed by atoms with Crippen LogP contribution in [0.3, 0.4) is 0 Å². The van der Waals surface area contributed by atoms with Crippen LogP contribution in [-0.4, -0.2) is 0 Å². The zero-order valence-corrected chi connectivity index (χ0v) is 10.2. The van der Waals surface area contributed by atoms with E-state index in [1.54, 1.807) is 6.42 Å². The number of unbranched alkanes of at least 4 members (excludes halogenated alkanes) is 3. The molecular formula is C14H28. The molecule has 0 radical (unpaired) electrons. The highest BCUT2D eigenvalue weighted by atomic mass is 14.3. The van der Waals surface area contributed by atoms with Gasteiger partial charge in [0.05, 0.1) is 0 Å². The Morgan fingerprint density at radius 3 is 2.43 bits per heavy atom. The van der Waals surface area contributed by atoms with Crippen LogP contribution in [0.25, 0.3) is 0 Å². The largest absolute Gasteiger partial charge is 0.0654 e. The maximum absolute atomic E-state index is 2.37. The average Bonchev–Trinajstić information content (AvgIpc) is 2.25. The molecule has 0 heterocycles. The van der Waals surface area contributed by atoms with Crippen LogP contribution >= 0.6 is 0 Å². The third-order valence-corrected chi connectivity index (χ3v) is 3.93. The van der Waals surface area contributed by atoms with E-state index >= 15 is 0 Å². The third-order valence-electron chi connectivity index (χ3n) is 3.93. The molecule has 1 aliphatic carbocycles. The van der Waals surface area contributed by atoms with Gasteiger partial charge in [-0.15, -0.1) is 0 Å². The highest BCUT2D eigenvalue weighted by Crippen LogP contribution is 2.33. The van der Waals surface area contributed by atoms with Crippen LogP contribution in [0.15, 0.2) is 0 Å². The van der Waals surface area contributed by atoms with E-state index in [0.29, 0.717) is 0 Å². The molecule has 0 spiro atoms. The summed E-state index contributed by atoms with van der Waals surface area (Å²) in [6, 6.07) is 0. The second kappa shape index (κ2) is 7.31. The van der Waals surface area contributed by atoms with E-state index in [1.807, 2.05) is 0 Å². The van der Waals surface area contributed by atoms with Crippen molar-refractivity contribution in [3.63, 3.8) is 0 Å². The van der Waals surface area contributed by atoms with E-state index in [4.69, 9.17) is 0 Å². The van der Waals surface area contributed by atoms with Gasteiger partial charge in [-0.3, -0.25) is 0 Å². The smallest absolute Gasteiger partial charge is 0.0412 e. The van der Waals surface area contributed by atoms with E-state index < -0.39 is 0 Å². The Morgan fingerprint density at radius 2 is 1.71 bits per heavy atom. The maximum atomic E-state index is 2.37. The Kier molecular flexibility index (Phi) is 6.31. The molecular weight excluding hydrogens is 168 g/mol. The Balaban J connectivity index is 2.05. The van der Waals surface area contributed by atoms with Crippen LogP contribution in [0.1, 0.15) is 78.1 Å². The predicted octanol–water partition coefficient (Wildman–Crippen LogP) is 5.17. The minimum Gasteiger partial charge on any atom is -0.0654 e. The van der Waals surface area contributed by atoms with Gasteiger partial charge in [-0.25, -0.2) is 0 Å². The van der Waals surface area contributed by atoms with Crippen molar-refractivity contribution in [1.82, 2.24) is 0 Å². The molecule has 0 amide bonds. The van der Waals surface area contributed by atoms with E-state index in [-0.39, 0.29) is 0 Å². The summed E-state index contributed by atoms with van der Waals surface area (Å²) in [6.45, 7) is 4.66. The first kappa shape index (κ1) is 12.1. The second-order valence-electron chi connectivity index (χ2n) is 5.16. The van der Waals surface area contributed by atoms with Crippen molar-refractivity contribution in [2.24, 2.45) is 11.8 Å². The molecule has 0 heteroatoms. The second-order valence-corrected chi connectivity index (χ2v) is 5.16. The quantitative estimate of drug-likeness (QED) is 0.514. The fraction of sp³-hybridized carbons (Fsp3) is 1.00. The lowest BCUT2D eigenvalue weighted by atomic mass is 9.78. The molecule has 1 aliphatic rings. The molecule has 0 aromatic carbocycles. The van der Waals surface area contributed by atoms with Crippen LogP contribution in [0.4, 0.5) is 0 Å². The summed E-state index contributed by atoms with van der Waals surface area (Å²) in [5, 5.41) is 0. The molecule has 14 heavy (non-hydrogen) atoms. The molecule has 1 fully saturated rings. The molecule has 0 aromatic heterocycles. The van der Waals surface area contributed by atoms with Crippen molar-refractivity contribution in [2.75, 3.05) is 0 Å². The predicted molar refractivity (Wildman–Crippen MR) is 64.5 cm³/mol. The number of hydrogen-bond acceptors (Lipinski definition) is 0. The summed E-state index contributed by atoms with van der Waals surface area (Å²) >= 11 is 0. The lowest BCUT2D eigenvalue weighted by Crippen LogP contribution is -2.14. The molecule has 1 rings (SSSR count). The van der Waals surface area contributed by atoms with Crippen molar-refractivity contribution >= 4 is 0 Å². The van der Waals surface area contributed by atoms with Gasteiger partial charge in [0.25, 0.3) is 0 Å². The van der Waals surface area contributed by atoms with Gasteiger partial charge in [0, 0.05) is 0 Å². The molecule has 1 saturated carbocycles. The van der Waals surface area contributed by atoms with E-state index in [2.05, 4.69) is 13.8 Å². The minimum absolute atomic E-state index is 1.07. The highest BCUT2D eigenvalue weighted by Gasteiger charge is 2.19. The zero-order valence-electron chi connectivity index (χ0n) is 10.2. The van der Waals surface area contributed by atoms with Gasteiger partial charge in [-0.2, -0.15) is 0 Å². The molecule has 2 atom stereocenters. The Bertz CT molecular complexity index is 128. The molecule has 1 unspecified atom stereocenters. The summed E-state index contributed by atoms with van der Waals surface area (Å²) in [4.78, 5) is 0. The van der Waals surface area contributed by atoms with Gasteiger partial charge < -0.3 is 0 Å². The van der Waals surface area contributed by atoms with Crippen LogP contribution in [0.2, 0.25) is 0 Å². The Hall–Kier alpha value is 0. The fourth-order valence-electron chi connectivity index (χ4n) is 2.90. The SMILES string of the molecule is CCCCCC[C@H]1CCCC(CC)C1. The van der Waals surface area contributed by atoms with Gasteiger partial charge in [0.1, 0.15) is 0 Å². The average molecular weight is 196 g/mol. The molecule has 0 bridgehead atoms. The van der Waals surface area contributed by atoms with Gasteiger partial charge in [0.15, 0.2) is 0 Å². The normalized spacial score (nSPS) is 27.9. The van der Waals surface area contributed by atoms with E-state index in [1.165, 1.54) is 57.8 Å². The molecule has 0 aromatic rings. The Morgan fingerprint density at radius 1 is 0.929 bits per heavy atom. The number of hydrogen-bond donors (Lipinski definition) is 0. The minimum atomic E-state index is 1.07. The first-order chi connectivity index (χ1) is 6.86. The molecule has 84 valence electrons. The summed E-state index contributed by atoms with van der Waals surface area (Å²) < 4.78 is 0. The summed E-state index contributed by atoms with van der Waals surface area (Å²) in [5.74, 6) is 2.16. The molecule has 0 N–H and O–H groups in total. The molecule has 0 aliphatic heterocycles. The van der Waals surface area contributed by atoms with Crippen LogP contribution in [-0.2, 0) is 0 Å². The van der Waals surface area contributed by atoms with Crippen LogP contribution < -0.4 is 0 Å². The van der Waals surface area contributed by atoms with E-state index in [0.717, 1.165) is 11.8 Å². The van der Waals surface area contributed by atoms with Gasteiger partial charge >= 0.3 is 0 Å². The van der Waals surface area contributed by atoms with Crippen molar-refractivity contribution < 1.29 is 0 Å².